The van der Waals surface area contributed by atoms with Gasteiger partial charge in [-0.25, -0.2) is 0 Å². The molecule has 0 aliphatic carbocycles. The van der Waals surface area contributed by atoms with Crippen molar-refractivity contribution in [1.29, 1.82) is 0 Å². The van der Waals surface area contributed by atoms with E-state index < -0.39 is 48.3 Å². The third-order valence-corrected chi connectivity index (χ3v) is 6.78. The van der Waals surface area contributed by atoms with Crippen molar-refractivity contribution in [3.8, 4) is 0 Å². The molecular formula is C34H39N3O6. The van der Waals surface area contributed by atoms with E-state index in [2.05, 4.69) is 29.1 Å². The Morgan fingerprint density at radius 3 is 2.28 bits per heavy atom. The molecule has 0 aromatic heterocycles. The SMILES string of the molecule is C=CCCC(=O)OC[C@H](NC(=O)[C@H](CC=C)CC(=O)N[C@H](CO)Cc1ccccc1)C(=O)Nc1ccc2ccccc2c1. The fourth-order valence-electron chi connectivity index (χ4n) is 4.49. The first-order valence-corrected chi connectivity index (χ1v) is 14.2. The monoisotopic (exact) mass is 585 g/mol. The normalized spacial score (nSPS) is 12.8. The van der Waals surface area contributed by atoms with Gasteiger partial charge in [0.2, 0.25) is 11.8 Å². The van der Waals surface area contributed by atoms with Crippen molar-refractivity contribution >= 4 is 40.2 Å². The minimum Gasteiger partial charge on any atom is -0.463 e. The second-order valence-corrected chi connectivity index (χ2v) is 10.2. The highest BCUT2D eigenvalue weighted by molar-refractivity contribution is 5.99. The fourth-order valence-corrected chi connectivity index (χ4v) is 4.49. The number of hydrogen-bond acceptors (Lipinski definition) is 6. The lowest BCUT2D eigenvalue weighted by Crippen LogP contribution is -2.49. The van der Waals surface area contributed by atoms with E-state index in [1.165, 1.54) is 6.08 Å². The van der Waals surface area contributed by atoms with Crippen molar-refractivity contribution in [3.05, 3.63) is 104 Å². The van der Waals surface area contributed by atoms with E-state index >= 15 is 0 Å². The molecule has 226 valence electrons. The Balaban J connectivity index is 1.69. The van der Waals surface area contributed by atoms with Gasteiger partial charge in [-0.3, -0.25) is 19.2 Å². The van der Waals surface area contributed by atoms with Crippen LogP contribution in [0.25, 0.3) is 10.8 Å². The second kappa shape index (κ2) is 17.3. The molecule has 0 fully saturated rings. The third-order valence-electron chi connectivity index (χ3n) is 6.78. The van der Waals surface area contributed by atoms with E-state index in [1.54, 1.807) is 18.2 Å². The van der Waals surface area contributed by atoms with Crippen LogP contribution in [-0.4, -0.2) is 54.1 Å². The van der Waals surface area contributed by atoms with E-state index in [0.29, 0.717) is 18.5 Å². The molecule has 0 aliphatic heterocycles. The first kappa shape index (κ1) is 32.8. The lowest BCUT2D eigenvalue weighted by Gasteiger charge is -2.23. The number of aliphatic hydroxyl groups is 1. The van der Waals surface area contributed by atoms with E-state index in [0.717, 1.165) is 16.3 Å². The molecule has 0 spiro atoms. The van der Waals surface area contributed by atoms with Crippen LogP contribution in [0.2, 0.25) is 0 Å². The van der Waals surface area contributed by atoms with Gasteiger partial charge in [-0.15, -0.1) is 13.2 Å². The van der Waals surface area contributed by atoms with Crippen LogP contribution in [-0.2, 0) is 30.3 Å². The number of benzene rings is 3. The van der Waals surface area contributed by atoms with Crippen LogP contribution in [0.4, 0.5) is 5.69 Å². The second-order valence-electron chi connectivity index (χ2n) is 10.2. The summed E-state index contributed by atoms with van der Waals surface area (Å²) in [6.45, 7) is 6.62. The van der Waals surface area contributed by atoms with Gasteiger partial charge in [-0.2, -0.15) is 0 Å². The number of hydrogen-bond donors (Lipinski definition) is 4. The summed E-state index contributed by atoms with van der Waals surface area (Å²) in [6.07, 6.45) is 4.00. The summed E-state index contributed by atoms with van der Waals surface area (Å²) in [4.78, 5) is 51.7. The van der Waals surface area contributed by atoms with Gasteiger partial charge in [0.05, 0.1) is 18.6 Å². The summed E-state index contributed by atoms with van der Waals surface area (Å²) in [5, 5.41) is 19.9. The average Bonchev–Trinajstić information content (AvgIpc) is 3.01. The van der Waals surface area contributed by atoms with Gasteiger partial charge in [0.1, 0.15) is 12.6 Å². The smallest absolute Gasteiger partial charge is 0.306 e. The first-order valence-electron chi connectivity index (χ1n) is 14.2. The molecule has 3 aromatic rings. The van der Waals surface area contributed by atoms with Gasteiger partial charge in [0.25, 0.3) is 5.91 Å². The number of carbonyl (C=O) groups is 4. The maximum absolute atomic E-state index is 13.4. The number of carbonyl (C=O) groups excluding carboxylic acids is 4. The molecule has 43 heavy (non-hydrogen) atoms. The van der Waals surface area contributed by atoms with Crippen LogP contribution >= 0.6 is 0 Å². The number of rotatable bonds is 17. The zero-order chi connectivity index (χ0) is 31.0. The number of nitrogens with one attached hydrogen (secondary N) is 3. The van der Waals surface area contributed by atoms with Gasteiger partial charge in [0, 0.05) is 18.5 Å². The van der Waals surface area contributed by atoms with Gasteiger partial charge < -0.3 is 25.8 Å². The minimum absolute atomic E-state index is 0.0880. The first-order chi connectivity index (χ1) is 20.8. The number of fused-ring (bicyclic) bond motifs is 1. The van der Waals surface area contributed by atoms with Gasteiger partial charge in [-0.1, -0.05) is 72.8 Å². The van der Waals surface area contributed by atoms with Crippen LogP contribution < -0.4 is 16.0 Å². The van der Waals surface area contributed by atoms with Crippen molar-refractivity contribution in [3.63, 3.8) is 0 Å². The predicted octanol–water partition coefficient (Wildman–Crippen LogP) is 4.07. The molecule has 4 N–H and O–H groups in total. The maximum Gasteiger partial charge on any atom is 0.306 e. The molecule has 3 amide bonds. The number of amides is 3. The molecule has 3 aromatic carbocycles. The van der Waals surface area contributed by atoms with Gasteiger partial charge in [-0.05, 0) is 47.7 Å². The Hall–Kier alpha value is -4.76. The summed E-state index contributed by atoms with van der Waals surface area (Å²) >= 11 is 0. The highest BCUT2D eigenvalue weighted by atomic mass is 16.5. The lowest BCUT2D eigenvalue weighted by atomic mass is 9.98. The highest BCUT2D eigenvalue weighted by Crippen LogP contribution is 2.19. The maximum atomic E-state index is 13.4. The van der Waals surface area contributed by atoms with Crippen LogP contribution in [0.1, 0.15) is 31.2 Å². The molecule has 0 unspecified atom stereocenters. The Kier molecular flexibility index (Phi) is 13.1. The highest BCUT2D eigenvalue weighted by Gasteiger charge is 2.28. The molecule has 0 bridgehead atoms. The number of aliphatic hydroxyl groups excluding tert-OH is 1. The zero-order valence-electron chi connectivity index (χ0n) is 24.2. The van der Waals surface area contributed by atoms with E-state index in [1.807, 2.05) is 60.7 Å². The van der Waals surface area contributed by atoms with E-state index in [-0.39, 0.29) is 25.9 Å². The van der Waals surface area contributed by atoms with Crippen molar-refractivity contribution in [2.45, 2.75) is 44.2 Å². The average molecular weight is 586 g/mol. The molecule has 9 nitrogen and oxygen atoms in total. The summed E-state index contributed by atoms with van der Waals surface area (Å²) < 4.78 is 5.29. The number of esters is 1. The zero-order valence-corrected chi connectivity index (χ0v) is 24.2. The standard InChI is InChI=1S/C34H39N3O6/c1-3-5-16-32(40)43-23-30(34(42)36-28-18-17-25-14-9-10-15-26(25)20-28)37-33(41)27(11-4-2)21-31(39)35-29(22-38)19-24-12-7-6-8-13-24/h3-4,6-10,12-15,17-18,20,27,29-30,38H,1-2,5,11,16,19,21-23H2,(H,35,39)(H,36,42)(H,37,41)/t27-,29+,30+/m1/s1. The molecule has 0 saturated carbocycles. The van der Waals surface area contributed by atoms with E-state index in [4.69, 9.17) is 4.74 Å². The van der Waals surface area contributed by atoms with Gasteiger partial charge in [0.15, 0.2) is 0 Å². The van der Waals surface area contributed by atoms with Crippen molar-refractivity contribution < 1.29 is 29.0 Å². The molecule has 0 aliphatic rings. The molecule has 0 radical (unpaired) electrons. The van der Waals surface area contributed by atoms with Crippen LogP contribution in [0, 0.1) is 5.92 Å². The number of ether oxygens (including phenoxy) is 1. The fraction of sp³-hybridized carbons (Fsp3) is 0.294. The minimum atomic E-state index is -1.22. The van der Waals surface area contributed by atoms with Crippen LogP contribution in [0.5, 0.6) is 0 Å². The summed E-state index contributed by atoms with van der Waals surface area (Å²) in [7, 11) is 0. The number of allylic oxidation sites excluding steroid dienone is 2. The Labute approximate surface area is 252 Å². The largest absolute Gasteiger partial charge is 0.463 e. The summed E-state index contributed by atoms with van der Waals surface area (Å²) in [5.74, 6) is -2.95. The topological polar surface area (TPSA) is 134 Å². The van der Waals surface area contributed by atoms with Crippen LogP contribution in [0.15, 0.2) is 98.1 Å². The number of anilines is 1. The van der Waals surface area contributed by atoms with E-state index in [9.17, 15) is 24.3 Å². The van der Waals surface area contributed by atoms with Gasteiger partial charge >= 0.3 is 5.97 Å². The van der Waals surface area contributed by atoms with Crippen molar-refractivity contribution in [1.82, 2.24) is 10.6 Å². The molecule has 0 heterocycles. The molecule has 9 heteroatoms. The Morgan fingerprint density at radius 2 is 1.58 bits per heavy atom. The quantitative estimate of drug-likeness (QED) is 0.139. The molecular weight excluding hydrogens is 546 g/mol. The molecule has 3 atom stereocenters. The Morgan fingerprint density at radius 1 is 0.860 bits per heavy atom. The van der Waals surface area contributed by atoms with Crippen LogP contribution in [0.3, 0.4) is 0 Å². The predicted molar refractivity (Wildman–Crippen MR) is 167 cm³/mol. The Bertz CT molecular complexity index is 1410. The third kappa shape index (κ3) is 10.9. The van der Waals surface area contributed by atoms with Crippen molar-refractivity contribution in [2.75, 3.05) is 18.5 Å². The summed E-state index contributed by atoms with van der Waals surface area (Å²) in [6, 6.07) is 20.8. The lowest BCUT2D eigenvalue weighted by molar-refractivity contribution is -0.146. The molecule has 3 rings (SSSR count). The summed E-state index contributed by atoms with van der Waals surface area (Å²) in [5.41, 5.74) is 1.46. The molecule has 0 saturated heterocycles. The van der Waals surface area contributed by atoms with Crippen molar-refractivity contribution in [2.24, 2.45) is 5.92 Å².